The number of imide groups is 1. The van der Waals surface area contributed by atoms with Gasteiger partial charge in [0.15, 0.2) is 0 Å². The molecule has 1 heterocycles. The van der Waals surface area contributed by atoms with Gasteiger partial charge in [0.2, 0.25) is 17.7 Å². The zero-order chi connectivity index (χ0) is 23.1. The Morgan fingerprint density at radius 3 is 2.12 bits per heavy atom. The van der Waals surface area contributed by atoms with Gasteiger partial charge in [-0.2, -0.15) is 0 Å². The molecule has 5 atom stereocenters. The van der Waals surface area contributed by atoms with E-state index < -0.39 is 28.7 Å². The number of rotatable bonds is 6. The van der Waals surface area contributed by atoms with Crippen molar-refractivity contribution in [2.75, 3.05) is 5.32 Å². The topological polar surface area (TPSA) is 110 Å². The van der Waals surface area contributed by atoms with Gasteiger partial charge in [0.05, 0.1) is 16.8 Å². The number of nitro benzene ring substituents is 1. The molecule has 8 heteroatoms. The van der Waals surface area contributed by atoms with E-state index in [1.165, 1.54) is 18.2 Å². The van der Waals surface area contributed by atoms with Gasteiger partial charge in [0.25, 0.3) is 5.69 Å². The van der Waals surface area contributed by atoms with Gasteiger partial charge < -0.3 is 5.32 Å². The Hall–Kier alpha value is -3.81. The third-order valence-corrected chi connectivity index (χ3v) is 7.04. The highest BCUT2D eigenvalue weighted by Gasteiger charge is 2.58. The van der Waals surface area contributed by atoms with Crippen LogP contribution in [0.4, 0.5) is 11.4 Å². The van der Waals surface area contributed by atoms with Gasteiger partial charge in [0, 0.05) is 12.5 Å². The van der Waals surface area contributed by atoms with E-state index in [0.717, 1.165) is 23.3 Å². The molecule has 1 saturated carbocycles. The highest BCUT2D eigenvalue weighted by molar-refractivity contribution is 6.11. The van der Waals surface area contributed by atoms with Crippen LogP contribution in [-0.4, -0.2) is 33.6 Å². The van der Waals surface area contributed by atoms with E-state index in [-0.39, 0.29) is 41.4 Å². The van der Waals surface area contributed by atoms with Gasteiger partial charge in [-0.05, 0) is 36.3 Å². The first-order valence-electron chi connectivity index (χ1n) is 11.1. The third kappa shape index (κ3) is 3.61. The fourth-order valence-electron chi connectivity index (χ4n) is 5.50. The van der Waals surface area contributed by atoms with Crippen molar-refractivity contribution >= 4 is 29.1 Å². The molecule has 0 aromatic heterocycles. The van der Waals surface area contributed by atoms with Crippen LogP contribution in [-0.2, 0) is 20.8 Å². The predicted molar refractivity (Wildman–Crippen MR) is 120 cm³/mol. The Kier molecular flexibility index (Phi) is 5.28. The summed E-state index contributed by atoms with van der Waals surface area (Å²) >= 11 is 0. The van der Waals surface area contributed by atoms with E-state index in [0.29, 0.717) is 0 Å². The number of anilines is 1. The number of nitro groups is 1. The number of carbonyl (C=O) groups is 3. The second-order valence-corrected chi connectivity index (χ2v) is 8.86. The molecular formula is C25H23N3O5. The highest BCUT2D eigenvalue weighted by atomic mass is 16.6. The quantitative estimate of drug-likeness (QED) is 0.317. The molecule has 0 radical (unpaired) electrons. The standard InChI is InChI=1S/C25H23N3O5/c29-23(26-18-8-4-5-9-19(18)28(32)33)20(14-15-6-2-1-3-7-15)27-24(30)21-16-10-11-17(13-12-16)22(21)25(27)31/h1-11,16-17,20-22H,12-14H2,(H,26,29). The van der Waals surface area contributed by atoms with E-state index >= 15 is 0 Å². The number of likely N-dealkylation sites (tertiary alicyclic amines) is 1. The van der Waals surface area contributed by atoms with Crippen molar-refractivity contribution in [1.29, 1.82) is 0 Å². The fraction of sp³-hybridized carbons (Fsp3) is 0.320. The van der Waals surface area contributed by atoms with E-state index in [1.54, 1.807) is 6.07 Å². The summed E-state index contributed by atoms with van der Waals surface area (Å²) in [4.78, 5) is 52.4. The second kappa shape index (κ2) is 8.27. The van der Waals surface area contributed by atoms with Crippen molar-refractivity contribution in [1.82, 2.24) is 4.90 Å². The SMILES string of the molecule is O=C(Nc1ccccc1[N+](=O)[O-])C(Cc1ccccc1)N1C(=O)C2C3C=CC(CC3)C2C1=O. The molecule has 1 N–H and O–H groups in total. The molecule has 2 bridgehead atoms. The lowest BCUT2D eigenvalue weighted by molar-refractivity contribution is -0.383. The highest BCUT2D eigenvalue weighted by Crippen LogP contribution is 2.50. The fourth-order valence-corrected chi connectivity index (χ4v) is 5.50. The van der Waals surface area contributed by atoms with E-state index in [1.807, 2.05) is 42.5 Å². The van der Waals surface area contributed by atoms with Gasteiger partial charge in [-0.15, -0.1) is 0 Å². The molecule has 5 unspecified atom stereocenters. The molecule has 8 nitrogen and oxygen atoms in total. The summed E-state index contributed by atoms with van der Waals surface area (Å²) < 4.78 is 0. The lowest BCUT2D eigenvalue weighted by Crippen LogP contribution is -2.49. The van der Waals surface area contributed by atoms with Gasteiger partial charge in [-0.25, -0.2) is 0 Å². The molecule has 2 aromatic carbocycles. The summed E-state index contributed by atoms with van der Waals surface area (Å²) in [5, 5.41) is 14.0. The van der Waals surface area contributed by atoms with E-state index in [4.69, 9.17) is 0 Å². The average molecular weight is 445 g/mol. The van der Waals surface area contributed by atoms with Gasteiger partial charge in [0.1, 0.15) is 11.7 Å². The number of nitrogens with one attached hydrogen (secondary N) is 1. The van der Waals surface area contributed by atoms with Crippen molar-refractivity contribution in [3.63, 3.8) is 0 Å². The maximum absolute atomic E-state index is 13.5. The zero-order valence-electron chi connectivity index (χ0n) is 17.8. The molecule has 1 aliphatic heterocycles. The summed E-state index contributed by atoms with van der Waals surface area (Å²) in [6.07, 6.45) is 5.92. The smallest absolute Gasteiger partial charge is 0.292 e. The number of hydrogen-bond acceptors (Lipinski definition) is 5. The summed E-state index contributed by atoms with van der Waals surface area (Å²) in [5.74, 6) is -2.09. The molecular weight excluding hydrogens is 422 g/mol. The zero-order valence-corrected chi connectivity index (χ0v) is 17.8. The van der Waals surface area contributed by atoms with Crippen LogP contribution in [0.5, 0.6) is 0 Å². The van der Waals surface area contributed by atoms with E-state index in [9.17, 15) is 24.5 Å². The number of amides is 3. The molecule has 33 heavy (non-hydrogen) atoms. The number of fused-ring (bicyclic) bond motifs is 1. The van der Waals surface area contributed by atoms with Crippen molar-refractivity contribution in [3.05, 3.63) is 82.4 Å². The minimum atomic E-state index is -1.10. The molecule has 3 amide bonds. The van der Waals surface area contributed by atoms with Crippen molar-refractivity contribution < 1.29 is 19.3 Å². The minimum absolute atomic E-state index is 0.0112. The van der Waals surface area contributed by atoms with Gasteiger partial charge in [-0.1, -0.05) is 54.6 Å². The Labute approximate surface area is 190 Å². The lowest BCUT2D eigenvalue weighted by Gasteiger charge is -2.38. The molecule has 6 rings (SSSR count). The number of nitrogens with zero attached hydrogens (tertiary/aromatic N) is 2. The normalized spacial score (nSPS) is 26.2. The van der Waals surface area contributed by atoms with E-state index in [2.05, 4.69) is 5.32 Å². The Balaban J connectivity index is 1.49. The van der Waals surface area contributed by atoms with Crippen molar-refractivity contribution in [2.24, 2.45) is 23.7 Å². The predicted octanol–water partition coefficient (Wildman–Crippen LogP) is 3.34. The third-order valence-electron chi connectivity index (χ3n) is 7.04. The molecule has 3 aliphatic carbocycles. The van der Waals surface area contributed by atoms with Crippen LogP contribution in [0.1, 0.15) is 18.4 Å². The molecule has 168 valence electrons. The van der Waals surface area contributed by atoms with Crippen LogP contribution in [0, 0.1) is 33.8 Å². The van der Waals surface area contributed by atoms with Crippen LogP contribution in [0.2, 0.25) is 0 Å². The number of benzene rings is 2. The monoisotopic (exact) mass is 445 g/mol. The minimum Gasteiger partial charge on any atom is -0.319 e. The largest absolute Gasteiger partial charge is 0.319 e. The summed E-state index contributed by atoms with van der Waals surface area (Å²) in [6, 6.07) is 13.9. The molecule has 4 aliphatic rings. The lowest BCUT2D eigenvalue weighted by atomic mass is 9.63. The molecule has 2 aromatic rings. The first kappa shape index (κ1) is 21.1. The van der Waals surface area contributed by atoms with Gasteiger partial charge >= 0.3 is 0 Å². The van der Waals surface area contributed by atoms with Crippen LogP contribution < -0.4 is 5.32 Å². The van der Waals surface area contributed by atoms with Gasteiger partial charge in [-0.3, -0.25) is 29.4 Å². The summed E-state index contributed by atoms with van der Waals surface area (Å²) in [5.41, 5.74) is 0.569. The molecule has 0 spiro atoms. The van der Waals surface area contributed by atoms with Crippen LogP contribution in [0.3, 0.4) is 0 Å². The average Bonchev–Trinajstić information content (AvgIpc) is 3.11. The second-order valence-electron chi connectivity index (χ2n) is 8.86. The number of para-hydroxylation sites is 2. The molecule has 2 fully saturated rings. The number of allylic oxidation sites excluding steroid dienone is 2. The van der Waals surface area contributed by atoms with Crippen LogP contribution >= 0.6 is 0 Å². The number of hydrogen-bond donors (Lipinski definition) is 1. The van der Waals surface area contributed by atoms with Crippen molar-refractivity contribution in [2.45, 2.75) is 25.3 Å². The Morgan fingerprint density at radius 2 is 1.55 bits per heavy atom. The first-order valence-corrected chi connectivity index (χ1v) is 11.1. The first-order chi connectivity index (χ1) is 16.0. The maximum atomic E-state index is 13.5. The Morgan fingerprint density at radius 1 is 0.970 bits per heavy atom. The summed E-state index contributed by atoms with van der Waals surface area (Å²) in [6.45, 7) is 0. The van der Waals surface area contributed by atoms with Crippen LogP contribution in [0.25, 0.3) is 0 Å². The Bertz CT molecular complexity index is 1130. The number of carbonyl (C=O) groups excluding carboxylic acids is 3. The van der Waals surface area contributed by atoms with Crippen LogP contribution in [0.15, 0.2) is 66.7 Å². The van der Waals surface area contributed by atoms with Crippen molar-refractivity contribution in [3.8, 4) is 0 Å². The molecule has 1 saturated heterocycles. The summed E-state index contributed by atoms with van der Waals surface area (Å²) in [7, 11) is 0. The maximum Gasteiger partial charge on any atom is 0.292 e.